The van der Waals surface area contributed by atoms with Crippen molar-refractivity contribution >= 4 is 23.1 Å². The quantitative estimate of drug-likeness (QED) is 0.412. The minimum Gasteiger partial charge on any atom is -0.449 e. The number of amidine groups is 1. The molecule has 0 bridgehead atoms. The lowest BCUT2D eigenvalue weighted by molar-refractivity contribution is -0.137. The minimum atomic E-state index is -4.56. The summed E-state index contributed by atoms with van der Waals surface area (Å²) in [6.45, 7) is 0. The molecule has 23 heavy (non-hydrogen) atoms. The van der Waals surface area contributed by atoms with E-state index in [0.717, 1.165) is 12.1 Å². The molecule has 0 atom stereocenters. The van der Waals surface area contributed by atoms with Crippen LogP contribution in [-0.2, 0) is 6.18 Å². The van der Waals surface area contributed by atoms with Crippen LogP contribution in [0, 0.1) is 0 Å². The van der Waals surface area contributed by atoms with Crippen molar-refractivity contribution in [2.45, 2.75) is 6.18 Å². The van der Waals surface area contributed by atoms with Gasteiger partial charge < -0.3 is 15.2 Å². The van der Waals surface area contributed by atoms with Crippen LogP contribution in [0.5, 0.6) is 23.0 Å². The molecule has 0 unspecified atom stereocenters. The molecule has 8 heteroatoms. The summed E-state index contributed by atoms with van der Waals surface area (Å²) in [4.78, 5) is 3.90. The Bertz CT molecular complexity index is 791. The second-order valence-corrected chi connectivity index (χ2v) is 4.98. The lowest BCUT2D eigenvalue weighted by Crippen LogP contribution is -2.13. The molecular weight excluding hydrogens is 333 g/mol. The van der Waals surface area contributed by atoms with Crippen LogP contribution in [0.3, 0.4) is 0 Å². The van der Waals surface area contributed by atoms with Gasteiger partial charge in [-0.25, -0.2) is 4.99 Å². The van der Waals surface area contributed by atoms with Crippen LogP contribution in [0.2, 0.25) is 0 Å². The van der Waals surface area contributed by atoms with E-state index >= 15 is 0 Å². The SMILES string of the molecule is NC(CCl)=Nc1cc(C(F)(F)F)cc2c1Oc1ccccc1O2. The average Bonchev–Trinajstić information content (AvgIpc) is 2.52. The molecule has 0 fully saturated rings. The molecule has 0 amide bonds. The fraction of sp³-hybridized carbons (Fsp3) is 0.133. The van der Waals surface area contributed by atoms with Gasteiger partial charge in [0, 0.05) is 0 Å². The number of para-hydroxylation sites is 2. The van der Waals surface area contributed by atoms with Gasteiger partial charge in [-0.1, -0.05) is 12.1 Å². The number of halogens is 4. The van der Waals surface area contributed by atoms with Gasteiger partial charge in [0.15, 0.2) is 23.0 Å². The van der Waals surface area contributed by atoms with Gasteiger partial charge in [-0.05, 0) is 24.3 Å². The fourth-order valence-electron chi connectivity index (χ4n) is 2.04. The summed E-state index contributed by atoms with van der Waals surface area (Å²) >= 11 is 5.55. The van der Waals surface area contributed by atoms with Crippen molar-refractivity contribution in [1.82, 2.24) is 0 Å². The molecule has 0 radical (unpaired) electrons. The zero-order valence-electron chi connectivity index (χ0n) is 11.5. The molecule has 1 heterocycles. The van der Waals surface area contributed by atoms with Gasteiger partial charge in [-0.2, -0.15) is 13.2 Å². The molecule has 2 aromatic rings. The van der Waals surface area contributed by atoms with Crippen molar-refractivity contribution in [3.8, 4) is 23.0 Å². The summed E-state index contributed by atoms with van der Waals surface area (Å²) in [6, 6.07) is 8.33. The predicted octanol–water partition coefficient (Wildman–Crippen LogP) is 4.83. The van der Waals surface area contributed by atoms with Gasteiger partial charge in [0.25, 0.3) is 0 Å². The van der Waals surface area contributed by atoms with Crippen LogP contribution in [0.15, 0.2) is 41.4 Å². The molecule has 2 aromatic carbocycles. The van der Waals surface area contributed by atoms with Gasteiger partial charge in [0.05, 0.1) is 11.4 Å². The first-order valence-corrected chi connectivity index (χ1v) is 7.01. The number of aliphatic imine (C=N–C) groups is 1. The fourth-order valence-corrected chi connectivity index (χ4v) is 2.10. The van der Waals surface area contributed by atoms with E-state index in [2.05, 4.69) is 4.99 Å². The van der Waals surface area contributed by atoms with Crippen LogP contribution in [0.25, 0.3) is 0 Å². The van der Waals surface area contributed by atoms with E-state index in [0.29, 0.717) is 11.5 Å². The molecule has 3 rings (SSSR count). The first kappa shape index (κ1) is 15.5. The number of benzene rings is 2. The van der Waals surface area contributed by atoms with Crippen molar-refractivity contribution < 1.29 is 22.6 Å². The van der Waals surface area contributed by atoms with E-state index in [1.165, 1.54) is 0 Å². The van der Waals surface area contributed by atoms with Crippen molar-refractivity contribution in [2.75, 3.05) is 5.88 Å². The van der Waals surface area contributed by atoms with Crippen molar-refractivity contribution in [3.05, 3.63) is 42.0 Å². The van der Waals surface area contributed by atoms with E-state index in [9.17, 15) is 13.2 Å². The number of alkyl halides is 4. The third-order valence-electron chi connectivity index (χ3n) is 3.04. The lowest BCUT2D eigenvalue weighted by Gasteiger charge is -2.23. The summed E-state index contributed by atoms with van der Waals surface area (Å²) < 4.78 is 50.3. The maximum atomic E-state index is 13.1. The minimum absolute atomic E-state index is 0.0318. The van der Waals surface area contributed by atoms with Gasteiger partial charge in [-0.15, -0.1) is 11.6 Å². The number of ether oxygens (including phenoxy) is 2. The summed E-state index contributed by atoms with van der Waals surface area (Å²) in [5.74, 6) is 0.517. The van der Waals surface area contributed by atoms with Crippen molar-refractivity contribution in [3.63, 3.8) is 0 Å². The zero-order chi connectivity index (χ0) is 16.6. The Morgan fingerprint density at radius 2 is 1.74 bits per heavy atom. The molecule has 4 nitrogen and oxygen atoms in total. The van der Waals surface area contributed by atoms with Gasteiger partial charge >= 0.3 is 6.18 Å². The highest BCUT2D eigenvalue weighted by Gasteiger charge is 2.34. The average molecular weight is 343 g/mol. The number of nitrogens with zero attached hydrogens (tertiary/aromatic N) is 1. The van der Waals surface area contributed by atoms with Crippen LogP contribution in [0.4, 0.5) is 18.9 Å². The molecule has 0 aliphatic carbocycles. The van der Waals surface area contributed by atoms with E-state index in [-0.39, 0.29) is 28.9 Å². The second-order valence-electron chi connectivity index (χ2n) is 4.71. The Labute approximate surface area is 134 Å². The highest BCUT2D eigenvalue weighted by Crippen LogP contribution is 2.51. The highest BCUT2D eigenvalue weighted by molar-refractivity contribution is 6.28. The van der Waals surface area contributed by atoms with E-state index < -0.39 is 11.7 Å². The van der Waals surface area contributed by atoms with Gasteiger partial charge in [0.2, 0.25) is 0 Å². The van der Waals surface area contributed by atoms with Gasteiger partial charge in [0.1, 0.15) is 11.5 Å². The highest BCUT2D eigenvalue weighted by atomic mass is 35.5. The summed E-state index contributed by atoms with van der Waals surface area (Å²) in [5, 5.41) is 0. The Hall–Kier alpha value is -2.41. The molecule has 0 aromatic heterocycles. The molecule has 0 saturated heterocycles. The third-order valence-corrected chi connectivity index (χ3v) is 3.32. The number of hydrogen-bond donors (Lipinski definition) is 1. The number of hydrogen-bond acceptors (Lipinski definition) is 3. The summed E-state index contributed by atoms with van der Waals surface area (Å²) in [7, 11) is 0. The second kappa shape index (κ2) is 5.66. The topological polar surface area (TPSA) is 56.8 Å². The zero-order valence-corrected chi connectivity index (χ0v) is 12.3. The molecular formula is C15H10ClF3N2O2. The van der Waals surface area contributed by atoms with Crippen LogP contribution in [-0.4, -0.2) is 11.7 Å². The first-order chi connectivity index (χ1) is 10.9. The molecule has 0 spiro atoms. The maximum absolute atomic E-state index is 13.1. The van der Waals surface area contributed by atoms with E-state index in [1.807, 2.05) is 0 Å². The Balaban J connectivity index is 2.17. The normalized spacial score (nSPS) is 13.7. The van der Waals surface area contributed by atoms with Crippen molar-refractivity contribution in [1.29, 1.82) is 0 Å². The monoisotopic (exact) mass is 342 g/mol. The molecule has 1 aliphatic rings. The van der Waals surface area contributed by atoms with Crippen LogP contribution >= 0.6 is 11.6 Å². The molecule has 120 valence electrons. The van der Waals surface area contributed by atoms with Crippen molar-refractivity contribution in [2.24, 2.45) is 10.7 Å². The standard InChI is InChI=1S/C15H10ClF3N2O2/c16-7-13(20)21-9-5-8(15(17,18)19)6-12-14(9)23-11-4-2-1-3-10(11)22-12/h1-6H,7H2,(H2,20,21). The maximum Gasteiger partial charge on any atom is 0.416 e. The van der Waals surface area contributed by atoms with E-state index in [1.54, 1.807) is 24.3 Å². The van der Waals surface area contributed by atoms with E-state index in [4.69, 9.17) is 26.8 Å². The lowest BCUT2D eigenvalue weighted by atomic mass is 10.1. The first-order valence-electron chi connectivity index (χ1n) is 6.47. The number of fused-ring (bicyclic) bond motifs is 2. The number of rotatable bonds is 2. The van der Waals surface area contributed by atoms with Gasteiger partial charge in [-0.3, -0.25) is 0 Å². The van der Waals surface area contributed by atoms with Crippen LogP contribution < -0.4 is 15.2 Å². The molecule has 1 aliphatic heterocycles. The summed E-state index contributed by atoms with van der Waals surface area (Å²) in [5.41, 5.74) is 4.52. The van der Waals surface area contributed by atoms with Crippen LogP contribution in [0.1, 0.15) is 5.56 Å². The largest absolute Gasteiger partial charge is 0.449 e. The Kier molecular flexibility index (Phi) is 3.81. The Morgan fingerprint density at radius 1 is 1.09 bits per heavy atom. The summed E-state index contributed by atoms with van der Waals surface area (Å²) in [6.07, 6.45) is -4.56. The smallest absolute Gasteiger partial charge is 0.416 e. The third kappa shape index (κ3) is 3.05. The number of nitrogens with two attached hydrogens (primary N) is 1. The molecule has 0 saturated carbocycles. The Morgan fingerprint density at radius 3 is 2.35 bits per heavy atom. The predicted molar refractivity (Wildman–Crippen MR) is 80.0 cm³/mol. The molecule has 2 N–H and O–H groups in total.